The molecular weight excluding hydrogens is 293 g/mol. The first-order valence-electron chi connectivity index (χ1n) is 7.43. The van der Waals surface area contributed by atoms with E-state index < -0.39 is 6.36 Å². The van der Waals surface area contributed by atoms with Crippen molar-refractivity contribution in [1.29, 1.82) is 0 Å². The van der Waals surface area contributed by atoms with Gasteiger partial charge in [0.1, 0.15) is 5.75 Å². The first-order valence-corrected chi connectivity index (χ1v) is 7.43. The average molecular weight is 310 g/mol. The molecule has 0 spiro atoms. The zero-order valence-corrected chi connectivity index (χ0v) is 12.0. The fourth-order valence-corrected chi connectivity index (χ4v) is 2.93. The lowest BCUT2D eigenvalue weighted by molar-refractivity contribution is -0.274. The summed E-state index contributed by atoms with van der Waals surface area (Å²) in [7, 11) is 0. The van der Waals surface area contributed by atoms with E-state index in [0.29, 0.717) is 5.92 Å². The van der Waals surface area contributed by atoms with E-state index in [-0.39, 0.29) is 5.75 Å². The van der Waals surface area contributed by atoms with E-state index in [4.69, 9.17) is 0 Å². The fourth-order valence-electron chi connectivity index (χ4n) is 2.93. The van der Waals surface area contributed by atoms with Crippen LogP contribution >= 0.6 is 0 Å². The highest BCUT2D eigenvalue weighted by atomic mass is 19.4. The minimum absolute atomic E-state index is 0.223. The van der Waals surface area contributed by atoms with Gasteiger partial charge in [0, 0.05) is 17.2 Å². The number of hydrogen-bond acceptors (Lipinski definition) is 2. The molecule has 118 valence electrons. The first kappa shape index (κ1) is 14.9. The third kappa shape index (κ3) is 3.61. The lowest BCUT2D eigenvalue weighted by Gasteiger charge is -2.19. The van der Waals surface area contributed by atoms with E-state index in [1.165, 1.54) is 44.2 Å². The predicted octanol–water partition coefficient (Wildman–Crippen LogP) is 5.02. The Morgan fingerprint density at radius 3 is 2.36 bits per heavy atom. The largest absolute Gasteiger partial charge is 0.573 e. The van der Waals surface area contributed by atoms with E-state index in [1.54, 1.807) is 12.1 Å². The van der Waals surface area contributed by atoms with Crippen LogP contribution in [0.15, 0.2) is 30.3 Å². The molecule has 0 unspecified atom stereocenters. The summed E-state index contributed by atoms with van der Waals surface area (Å²) in [5.41, 5.74) is 2.64. The molecule has 0 amide bonds. The van der Waals surface area contributed by atoms with E-state index in [0.717, 1.165) is 17.0 Å². The zero-order valence-electron chi connectivity index (χ0n) is 12.0. The van der Waals surface area contributed by atoms with Crippen LogP contribution in [0.3, 0.4) is 0 Å². The van der Waals surface area contributed by atoms with Crippen LogP contribution in [0.25, 0.3) is 11.3 Å². The highest BCUT2D eigenvalue weighted by Crippen LogP contribution is 2.33. The third-order valence-corrected chi connectivity index (χ3v) is 4.03. The van der Waals surface area contributed by atoms with Crippen LogP contribution in [0.2, 0.25) is 0 Å². The second kappa shape index (κ2) is 6.02. The third-order valence-electron chi connectivity index (χ3n) is 4.03. The molecule has 1 aliphatic rings. The number of nitrogens with one attached hydrogen (secondary N) is 1. The molecule has 3 nitrogen and oxygen atoms in total. The topological polar surface area (TPSA) is 37.9 Å². The van der Waals surface area contributed by atoms with Crippen LogP contribution in [0.4, 0.5) is 13.2 Å². The van der Waals surface area contributed by atoms with E-state index in [2.05, 4.69) is 14.9 Å². The average Bonchev–Trinajstić information content (AvgIpc) is 2.97. The van der Waals surface area contributed by atoms with Crippen LogP contribution in [0.1, 0.15) is 43.7 Å². The maximum absolute atomic E-state index is 12.1. The standard InChI is InChI=1S/C16H17F3N2O/c17-16(18,19)22-13-8-6-12(7-9-13)15-10-14(20-21-15)11-4-2-1-3-5-11/h6-11H,1-5H2,(H,20,21). The lowest BCUT2D eigenvalue weighted by atomic mass is 9.87. The Morgan fingerprint density at radius 2 is 1.73 bits per heavy atom. The summed E-state index contributed by atoms with van der Waals surface area (Å²) < 4.78 is 40.3. The molecule has 0 atom stereocenters. The maximum Gasteiger partial charge on any atom is 0.573 e. The predicted molar refractivity (Wildman–Crippen MR) is 76.5 cm³/mol. The van der Waals surface area contributed by atoms with E-state index >= 15 is 0 Å². The van der Waals surface area contributed by atoms with Gasteiger partial charge in [-0.1, -0.05) is 19.3 Å². The Balaban J connectivity index is 1.73. The van der Waals surface area contributed by atoms with E-state index in [9.17, 15) is 13.2 Å². The van der Waals surface area contributed by atoms with Crippen molar-refractivity contribution in [2.75, 3.05) is 0 Å². The molecule has 6 heteroatoms. The molecule has 2 aromatic rings. The highest BCUT2D eigenvalue weighted by Gasteiger charge is 2.31. The normalized spacial score (nSPS) is 16.7. The second-order valence-electron chi connectivity index (χ2n) is 5.62. The quantitative estimate of drug-likeness (QED) is 0.864. The van der Waals surface area contributed by atoms with Gasteiger partial charge in [0.15, 0.2) is 0 Å². The lowest BCUT2D eigenvalue weighted by Crippen LogP contribution is -2.16. The van der Waals surface area contributed by atoms with Gasteiger partial charge in [-0.3, -0.25) is 5.10 Å². The number of aromatic amines is 1. The van der Waals surface area contributed by atoms with Gasteiger partial charge in [-0.05, 0) is 43.2 Å². The minimum Gasteiger partial charge on any atom is -0.406 e. The molecular formula is C16H17F3N2O. The minimum atomic E-state index is -4.66. The molecule has 1 aromatic carbocycles. The molecule has 0 saturated heterocycles. The Hall–Kier alpha value is -1.98. The summed E-state index contributed by atoms with van der Waals surface area (Å²) in [5.74, 6) is 0.294. The van der Waals surface area contributed by atoms with Crippen LogP contribution in [-0.2, 0) is 0 Å². The smallest absolute Gasteiger partial charge is 0.406 e. The van der Waals surface area contributed by atoms with Crippen LogP contribution in [0.5, 0.6) is 5.75 Å². The second-order valence-corrected chi connectivity index (χ2v) is 5.62. The molecule has 1 heterocycles. The fraction of sp³-hybridized carbons (Fsp3) is 0.438. The van der Waals surface area contributed by atoms with Crippen molar-refractivity contribution in [2.45, 2.75) is 44.4 Å². The van der Waals surface area contributed by atoms with Gasteiger partial charge >= 0.3 is 6.36 Å². The van der Waals surface area contributed by atoms with Crippen molar-refractivity contribution in [3.8, 4) is 17.0 Å². The summed E-state index contributed by atoms with van der Waals surface area (Å²) in [6.45, 7) is 0. The number of hydrogen-bond donors (Lipinski definition) is 1. The summed E-state index contributed by atoms with van der Waals surface area (Å²) in [6, 6.07) is 7.77. The van der Waals surface area contributed by atoms with Crippen molar-refractivity contribution in [3.05, 3.63) is 36.0 Å². The van der Waals surface area contributed by atoms with E-state index in [1.807, 2.05) is 6.07 Å². The Kier molecular flexibility index (Phi) is 4.09. The molecule has 0 aliphatic heterocycles. The molecule has 0 bridgehead atoms. The summed E-state index contributed by atoms with van der Waals surface area (Å²) in [5, 5.41) is 7.34. The summed E-state index contributed by atoms with van der Waals surface area (Å²) in [4.78, 5) is 0. The number of nitrogens with zero attached hydrogens (tertiary/aromatic N) is 1. The number of alkyl halides is 3. The summed E-state index contributed by atoms with van der Waals surface area (Å²) in [6.07, 6.45) is 1.44. The number of halogens is 3. The zero-order chi connectivity index (χ0) is 15.6. The van der Waals surface area contributed by atoms with Gasteiger partial charge in [-0.25, -0.2) is 0 Å². The van der Waals surface area contributed by atoms with Gasteiger partial charge < -0.3 is 4.74 Å². The van der Waals surface area contributed by atoms with Crippen molar-refractivity contribution < 1.29 is 17.9 Å². The Morgan fingerprint density at radius 1 is 1.05 bits per heavy atom. The SMILES string of the molecule is FC(F)(F)Oc1ccc(-c2cc(C3CCCCC3)[nH]n2)cc1. The van der Waals surface area contributed by atoms with Gasteiger partial charge in [0.25, 0.3) is 0 Å². The van der Waals surface area contributed by atoms with Crippen LogP contribution in [-0.4, -0.2) is 16.6 Å². The number of benzene rings is 1. The first-order chi connectivity index (χ1) is 10.5. The van der Waals surface area contributed by atoms with Gasteiger partial charge in [0.2, 0.25) is 0 Å². The molecule has 3 rings (SSSR count). The molecule has 1 aliphatic carbocycles. The highest BCUT2D eigenvalue weighted by molar-refractivity contribution is 5.60. The van der Waals surface area contributed by atoms with Gasteiger partial charge in [-0.2, -0.15) is 5.10 Å². The van der Waals surface area contributed by atoms with Gasteiger partial charge in [0.05, 0.1) is 5.69 Å². The number of ether oxygens (including phenoxy) is 1. The van der Waals surface area contributed by atoms with Crippen LogP contribution < -0.4 is 4.74 Å². The van der Waals surface area contributed by atoms with Crippen molar-refractivity contribution in [2.24, 2.45) is 0 Å². The van der Waals surface area contributed by atoms with Crippen molar-refractivity contribution in [1.82, 2.24) is 10.2 Å². The molecule has 22 heavy (non-hydrogen) atoms. The molecule has 1 saturated carbocycles. The van der Waals surface area contributed by atoms with Crippen LogP contribution in [0, 0.1) is 0 Å². The van der Waals surface area contributed by atoms with Gasteiger partial charge in [-0.15, -0.1) is 13.2 Å². The Labute approximate surface area is 126 Å². The summed E-state index contributed by atoms with van der Waals surface area (Å²) >= 11 is 0. The molecule has 1 N–H and O–H groups in total. The maximum atomic E-state index is 12.1. The Bertz CT molecular complexity index is 613. The molecule has 1 aromatic heterocycles. The molecule has 1 fully saturated rings. The number of H-pyrrole nitrogens is 1. The van der Waals surface area contributed by atoms with Crippen molar-refractivity contribution >= 4 is 0 Å². The molecule has 0 radical (unpaired) electrons. The number of aromatic nitrogens is 2. The number of rotatable bonds is 3. The van der Waals surface area contributed by atoms with Crippen molar-refractivity contribution in [3.63, 3.8) is 0 Å². The monoisotopic (exact) mass is 310 g/mol.